The van der Waals surface area contributed by atoms with Gasteiger partial charge in [0.15, 0.2) is 6.29 Å². The van der Waals surface area contributed by atoms with Crippen molar-refractivity contribution in [2.45, 2.75) is 104 Å². The molecule has 1 unspecified atom stereocenters. The molecule has 0 saturated carbocycles. The maximum absolute atomic E-state index is 6.07. The number of ether oxygens (including phenoxy) is 3. The Morgan fingerprint density at radius 1 is 0.750 bits per heavy atom. The Kier molecular flexibility index (Phi) is 13.4. The van der Waals surface area contributed by atoms with Crippen LogP contribution in [0.4, 0.5) is 0 Å². The summed E-state index contributed by atoms with van der Waals surface area (Å²) in [6.07, 6.45) is 15.4. The molecule has 36 heavy (non-hydrogen) atoms. The highest BCUT2D eigenvalue weighted by Gasteiger charge is 2.23. The topological polar surface area (TPSA) is 27.7 Å². The SMILES string of the molecule is CCCCCCCCC1COC(c2ccc(-c3ccc(OCCCCCC(C)CC)cc3)cc2)OC1. The molecule has 0 amide bonds. The molecule has 1 fully saturated rings. The zero-order valence-corrected chi connectivity index (χ0v) is 23.2. The van der Waals surface area contributed by atoms with Gasteiger partial charge in [-0.1, -0.05) is 121 Å². The molecule has 1 atom stereocenters. The van der Waals surface area contributed by atoms with Crippen molar-refractivity contribution >= 4 is 0 Å². The van der Waals surface area contributed by atoms with E-state index >= 15 is 0 Å². The zero-order valence-electron chi connectivity index (χ0n) is 23.2. The van der Waals surface area contributed by atoms with Crippen molar-refractivity contribution in [3.63, 3.8) is 0 Å². The molecule has 3 heteroatoms. The van der Waals surface area contributed by atoms with Gasteiger partial charge in [0.25, 0.3) is 0 Å². The van der Waals surface area contributed by atoms with E-state index in [1.807, 2.05) is 0 Å². The first kappa shape index (κ1) is 28.7. The van der Waals surface area contributed by atoms with Gasteiger partial charge in [-0.3, -0.25) is 0 Å². The Morgan fingerprint density at radius 2 is 1.36 bits per heavy atom. The molecule has 0 N–H and O–H groups in total. The molecule has 1 aliphatic rings. The average Bonchev–Trinajstić information content (AvgIpc) is 2.93. The minimum absolute atomic E-state index is 0.235. The van der Waals surface area contributed by atoms with Gasteiger partial charge in [0.05, 0.1) is 19.8 Å². The van der Waals surface area contributed by atoms with Crippen LogP contribution in [0.15, 0.2) is 48.5 Å². The molecule has 2 aromatic rings. The van der Waals surface area contributed by atoms with Gasteiger partial charge in [-0.15, -0.1) is 0 Å². The fourth-order valence-corrected chi connectivity index (χ4v) is 4.86. The molecular formula is C33H50O3. The lowest BCUT2D eigenvalue weighted by atomic mass is 10.0. The van der Waals surface area contributed by atoms with Crippen LogP contribution < -0.4 is 4.74 Å². The van der Waals surface area contributed by atoms with Crippen molar-refractivity contribution in [2.75, 3.05) is 19.8 Å². The Balaban J connectivity index is 1.35. The van der Waals surface area contributed by atoms with E-state index in [2.05, 4.69) is 69.3 Å². The predicted molar refractivity (Wildman–Crippen MR) is 151 cm³/mol. The quantitative estimate of drug-likeness (QED) is 0.205. The van der Waals surface area contributed by atoms with Crippen molar-refractivity contribution in [1.82, 2.24) is 0 Å². The van der Waals surface area contributed by atoms with Crippen LogP contribution in [0.25, 0.3) is 11.1 Å². The highest BCUT2D eigenvalue weighted by molar-refractivity contribution is 5.64. The third-order valence-electron chi connectivity index (χ3n) is 7.61. The number of unbranched alkanes of at least 4 members (excludes halogenated alkanes) is 7. The molecule has 0 aromatic heterocycles. The van der Waals surface area contributed by atoms with Gasteiger partial charge in [-0.2, -0.15) is 0 Å². The maximum Gasteiger partial charge on any atom is 0.183 e. The molecule has 3 rings (SSSR count). The van der Waals surface area contributed by atoms with Gasteiger partial charge in [0.2, 0.25) is 0 Å². The summed E-state index contributed by atoms with van der Waals surface area (Å²) in [7, 11) is 0. The molecule has 200 valence electrons. The summed E-state index contributed by atoms with van der Waals surface area (Å²) in [6.45, 7) is 9.30. The molecule has 0 radical (unpaired) electrons. The monoisotopic (exact) mass is 494 g/mol. The largest absolute Gasteiger partial charge is 0.494 e. The molecule has 0 bridgehead atoms. The molecule has 2 aromatic carbocycles. The lowest BCUT2D eigenvalue weighted by molar-refractivity contribution is -0.206. The minimum Gasteiger partial charge on any atom is -0.494 e. The predicted octanol–water partition coefficient (Wildman–Crippen LogP) is 9.75. The summed E-state index contributed by atoms with van der Waals surface area (Å²) in [4.78, 5) is 0. The summed E-state index contributed by atoms with van der Waals surface area (Å²) in [5.74, 6) is 2.34. The van der Waals surface area contributed by atoms with Gasteiger partial charge < -0.3 is 14.2 Å². The normalized spacial score (nSPS) is 18.8. The van der Waals surface area contributed by atoms with Crippen LogP contribution in [-0.2, 0) is 9.47 Å². The fourth-order valence-electron chi connectivity index (χ4n) is 4.86. The number of hydrogen-bond acceptors (Lipinski definition) is 3. The first-order valence-corrected chi connectivity index (χ1v) is 14.8. The smallest absolute Gasteiger partial charge is 0.183 e. The van der Waals surface area contributed by atoms with Crippen LogP contribution in [-0.4, -0.2) is 19.8 Å². The van der Waals surface area contributed by atoms with Gasteiger partial charge in [-0.05, 0) is 42.0 Å². The lowest BCUT2D eigenvalue weighted by Crippen LogP contribution is -2.27. The fraction of sp³-hybridized carbons (Fsp3) is 0.636. The van der Waals surface area contributed by atoms with E-state index in [-0.39, 0.29) is 6.29 Å². The first-order chi connectivity index (χ1) is 17.7. The molecule has 1 saturated heterocycles. The minimum atomic E-state index is -0.235. The van der Waals surface area contributed by atoms with Gasteiger partial charge in [-0.25, -0.2) is 0 Å². The second-order valence-electron chi connectivity index (χ2n) is 10.8. The highest BCUT2D eigenvalue weighted by atomic mass is 16.7. The van der Waals surface area contributed by atoms with Crippen LogP contribution in [0.3, 0.4) is 0 Å². The van der Waals surface area contributed by atoms with E-state index in [0.717, 1.165) is 43.5 Å². The summed E-state index contributed by atoms with van der Waals surface area (Å²) in [5, 5.41) is 0. The van der Waals surface area contributed by atoms with Crippen molar-refractivity contribution in [3.05, 3.63) is 54.1 Å². The maximum atomic E-state index is 6.07. The van der Waals surface area contributed by atoms with E-state index < -0.39 is 0 Å². The molecule has 3 nitrogen and oxygen atoms in total. The number of hydrogen-bond donors (Lipinski definition) is 0. The molecular weight excluding hydrogens is 444 g/mol. The molecule has 1 aliphatic heterocycles. The average molecular weight is 495 g/mol. The van der Waals surface area contributed by atoms with Crippen molar-refractivity contribution in [1.29, 1.82) is 0 Å². The Hall–Kier alpha value is -1.84. The van der Waals surface area contributed by atoms with Crippen molar-refractivity contribution in [3.8, 4) is 16.9 Å². The molecule has 0 aliphatic carbocycles. The van der Waals surface area contributed by atoms with Crippen LogP contribution in [0.1, 0.15) is 110 Å². The van der Waals surface area contributed by atoms with E-state index in [0.29, 0.717) is 5.92 Å². The van der Waals surface area contributed by atoms with Crippen LogP contribution in [0, 0.1) is 11.8 Å². The standard InChI is InChI=1S/C33H50O3/c1-4-6-7-8-9-12-15-28-25-35-33(36-26-28)31-18-16-29(17-19-31)30-20-22-32(23-21-30)34-24-13-10-11-14-27(3)5-2/h16-23,27-28,33H,4-15,24-26H2,1-3H3. The zero-order chi connectivity index (χ0) is 25.4. The first-order valence-electron chi connectivity index (χ1n) is 14.8. The molecule has 0 spiro atoms. The van der Waals surface area contributed by atoms with Crippen LogP contribution in [0.5, 0.6) is 5.75 Å². The second-order valence-corrected chi connectivity index (χ2v) is 10.8. The van der Waals surface area contributed by atoms with Gasteiger partial charge in [0, 0.05) is 11.5 Å². The summed E-state index contributed by atoms with van der Waals surface area (Å²) in [5.41, 5.74) is 3.50. The van der Waals surface area contributed by atoms with Crippen LogP contribution >= 0.6 is 0 Å². The molecule has 1 heterocycles. The summed E-state index contributed by atoms with van der Waals surface area (Å²) in [6, 6.07) is 17.1. The van der Waals surface area contributed by atoms with E-state index in [1.54, 1.807) is 0 Å². The number of rotatable bonds is 17. The van der Waals surface area contributed by atoms with E-state index in [4.69, 9.17) is 14.2 Å². The number of benzene rings is 2. The van der Waals surface area contributed by atoms with Crippen molar-refractivity contribution in [2.24, 2.45) is 11.8 Å². The third kappa shape index (κ3) is 10.3. The second kappa shape index (κ2) is 16.8. The van der Waals surface area contributed by atoms with Crippen LogP contribution in [0.2, 0.25) is 0 Å². The Morgan fingerprint density at radius 3 is 2.03 bits per heavy atom. The summed E-state index contributed by atoms with van der Waals surface area (Å²) >= 11 is 0. The van der Waals surface area contributed by atoms with Gasteiger partial charge >= 0.3 is 0 Å². The summed E-state index contributed by atoms with van der Waals surface area (Å²) < 4.78 is 18.1. The van der Waals surface area contributed by atoms with Gasteiger partial charge in [0.1, 0.15) is 5.75 Å². The van der Waals surface area contributed by atoms with E-state index in [1.165, 1.54) is 81.8 Å². The Labute approximate surface area is 220 Å². The van der Waals surface area contributed by atoms with E-state index in [9.17, 15) is 0 Å². The lowest BCUT2D eigenvalue weighted by Gasteiger charge is -2.29. The third-order valence-corrected chi connectivity index (χ3v) is 7.61. The highest BCUT2D eigenvalue weighted by Crippen LogP contribution is 2.30. The van der Waals surface area contributed by atoms with Crippen molar-refractivity contribution < 1.29 is 14.2 Å². The Bertz CT molecular complexity index is 806.